The smallest absolute Gasteiger partial charge is 0.290 e. The molecule has 1 amide bonds. The summed E-state index contributed by atoms with van der Waals surface area (Å²) in [5.74, 6) is 0.0758. The number of carbonyl (C=O) groups excluding carboxylic acids is 2. The molecule has 0 bridgehead atoms. The number of pyridine rings is 1. The van der Waals surface area contributed by atoms with Crippen molar-refractivity contribution in [2.75, 3.05) is 0 Å². The third-order valence-corrected chi connectivity index (χ3v) is 6.08. The van der Waals surface area contributed by atoms with Crippen LogP contribution in [-0.4, -0.2) is 27.7 Å². The Bertz CT molecular complexity index is 939. The maximum Gasteiger partial charge on any atom is 0.290 e. The van der Waals surface area contributed by atoms with Crippen LogP contribution in [0.5, 0.6) is 0 Å². The molecule has 1 aromatic heterocycles. The molecule has 28 heavy (non-hydrogen) atoms. The standard InChI is InChI=1S/C23H22N2O3/c26-21-17-8-4-5-9-18(17)28-22-19(21)20(16-6-2-1-3-7-16)25(23(22)27)14-15-10-12-24-13-11-15/h1-3,6-7,10-13,17-18,20H,4-5,8-9,14H2. The summed E-state index contributed by atoms with van der Waals surface area (Å²) in [6.45, 7) is 0.417. The molecule has 3 atom stereocenters. The van der Waals surface area contributed by atoms with Crippen LogP contribution in [0.15, 0.2) is 66.2 Å². The highest BCUT2D eigenvalue weighted by atomic mass is 16.5. The molecule has 5 heteroatoms. The minimum Gasteiger partial charge on any atom is -0.483 e. The van der Waals surface area contributed by atoms with Crippen molar-refractivity contribution in [1.82, 2.24) is 9.88 Å². The quantitative estimate of drug-likeness (QED) is 0.824. The van der Waals surface area contributed by atoms with Gasteiger partial charge in [0.25, 0.3) is 5.91 Å². The monoisotopic (exact) mass is 374 g/mol. The third kappa shape index (κ3) is 2.73. The highest BCUT2D eigenvalue weighted by molar-refractivity contribution is 6.11. The van der Waals surface area contributed by atoms with Gasteiger partial charge in [-0.05, 0) is 42.5 Å². The largest absolute Gasteiger partial charge is 0.483 e. The minimum atomic E-state index is -0.396. The number of hydrogen-bond donors (Lipinski definition) is 0. The van der Waals surface area contributed by atoms with Gasteiger partial charge in [0.15, 0.2) is 11.5 Å². The lowest BCUT2D eigenvalue weighted by Crippen LogP contribution is -2.39. The normalized spacial score (nSPS) is 26.7. The summed E-state index contributed by atoms with van der Waals surface area (Å²) in [4.78, 5) is 32.6. The lowest BCUT2D eigenvalue weighted by molar-refractivity contribution is -0.135. The van der Waals surface area contributed by atoms with E-state index in [4.69, 9.17) is 4.74 Å². The van der Waals surface area contributed by atoms with Crippen LogP contribution >= 0.6 is 0 Å². The van der Waals surface area contributed by atoms with E-state index in [0.717, 1.165) is 36.8 Å². The summed E-state index contributed by atoms with van der Waals surface area (Å²) >= 11 is 0. The molecule has 5 nitrogen and oxygen atoms in total. The maximum atomic E-state index is 13.4. The fraction of sp³-hybridized carbons (Fsp3) is 0.348. The van der Waals surface area contributed by atoms with Crippen LogP contribution in [0.1, 0.15) is 42.9 Å². The van der Waals surface area contributed by atoms with Gasteiger partial charge in [-0.15, -0.1) is 0 Å². The van der Waals surface area contributed by atoms with Crippen molar-refractivity contribution >= 4 is 11.7 Å². The van der Waals surface area contributed by atoms with E-state index in [9.17, 15) is 9.59 Å². The molecule has 3 aliphatic rings. The third-order valence-electron chi connectivity index (χ3n) is 6.08. The first-order valence-electron chi connectivity index (χ1n) is 9.94. The number of rotatable bonds is 3. The highest BCUT2D eigenvalue weighted by Crippen LogP contribution is 2.47. The zero-order valence-electron chi connectivity index (χ0n) is 15.6. The van der Waals surface area contributed by atoms with E-state index in [2.05, 4.69) is 4.98 Å². The molecular weight excluding hydrogens is 352 g/mol. The first kappa shape index (κ1) is 17.2. The topological polar surface area (TPSA) is 59.5 Å². The molecule has 5 rings (SSSR count). The first-order chi connectivity index (χ1) is 13.7. The van der Waals surface area contributed by atoms with Gasteiger partial charge in [0, 0.05) is 18.9 Å². The van der Waals surface area contributed by atoms with E-state index in [0.29, 0.717) is 12.1 Å². The molecule has 0 spiro atoms. The van der Waals surface area contributed by atoms with Gasteiger partial charge in [-0.25, -0.2) is 0 Å². The van der Waals surface area contributed by atoms with E-state index in [-0.39, 0.29) is 29.5 Å². The Kier molecular flexibility index (Phi) is 4.23. The fourth-order valence-electron chi connectivity index (χ4n) is 4.72. The molecule has 1 saturated carbocycles. The number of nitrogens with zero attached hydrogens (tertiary/aromatic N) is 2. The van der Waals surface area contributed by atoms with E-state index in [1.807, 2.05) is 42.5 Å². The number of aromatic nitrogens is 1. The van der Waals surface area contributed by atoms with Crippen molar-refractivity contribution in [3.8, 4) is 0 Å². The molecule has 2 aliphatic heterocycles. The van der Waals surface area contributed by atoms with E-state index >= 15 is 0 Å². The molecule has 0 radical (unpaired) electrons. The van der Waals surface area contributed by atoms with Crippen LogP contribution in [0.4, 0.5) is 0 Å². The average molecular weight is 374 g/mol. The lowest BCUT2D eigenvalue weighted by atomic mass is 9.77. The van der Waals surface area contributed by atoms with Crippen molar-refractivity contribution in [3.63, 3.8) is 0 Å². The van der Waals surface area contributed by atoms with Gasteiger partial charge in [0.2, 0.25) is 0 Å². The second-order valence-electron chi connectivity index (χ2n) is 7.76. The minimum absolute atomic E-state index is 0.102. The molecule has 0 saturated heterocycles. The molecule has 1 fully saturated rings. The van der Waals surface area contributed by atoms with Crippen molar-refractivity contribution in [2.45, 2.75) is 44.4 Å². The second-order valence-corrected chi connectivity index (χ2v) is 7.76. The van der Waals surface area contributed by atoms with Gasteiger partial charge in [0.1, 0.15) is 6.10 Å². The molecule has 1 aromatic carbocycles. The van der Waals surface area contributed by atoms with Gasteiger partial charge >= 0.3 is 0 Å². The predicted octanol–water partition coefficient (Wildman–Crippen LogP) is 3.58. The average Bonchev–Trinajstić information content (AvgIpc) is 3.02. The molecule has 3 heterocycles. The summed E-state index contributed by atoms with van der Waals surface area (Å²) in [6, 6.07) is 13.2. The van der Waals surface area contributed by atoms with E-state index < -0.39 is 6.04 Å². The number of carbonyl (C=O) groups is 2. The number of ether oxygens (including phenoxy) is 1. The number of Topliss-reactive ketones (excluding diaryl/α,β-unsaturated/α-hetero) is 1. The van der Waals surface area contributed by atoms with E-state index in [1.54, 1.807) is 17.3 Å². The second kappa shape index (κ2) is 6.89. The molecule has 2 aromatic rings. The SMILES string of the molecule is O=C1C2=C(OC3CCCCC13)C(=O)N(Cc1ccncc1)C2c1ccccc1. The molecule has 142 valence electrons. The van der Waals surface area contributed by atoms with E-state index in [1.165, 1.54) is 0 Å². The summed E-state index contributed by atoms with van der Waals surface area (Å²) in [5, 5.41) is 0. The highest BCUT2D eigenvalue weighted by Gasteiger charge is 2.51. The van der Waals surface area contributed by atoms with Gasteiger partial charge in [0.05, 0.1) is 17.5 Å². The molecule has 0 N–H and O–H groups in total. The van der Waals surface area contributed by atoms with Gasteiger partial charge in [-0.2, -0.15) is 0 Å². The number of ketones is 1. The Balaban J connectivity index is 1.58. The lowest BCUT2D eigenvalue weighted by Gasteiger charge is -2.35. The Morgan fingerprint density at radius 1 is 1.00 bits per heavy atom. The van der Waals surface area contributed by atoms with Crippen LogP contribution in [0.3, 0.4) is 0 Å². The predicted molar refractivity (Wildman–Crippen MR) is 103 cm³/mol. The van der Waals surface area contributed by atoms with Crippen molar-refractivity contribution < 1.29 is 14.3 Å². The summed E-state index contributed by atoms with van der Waals surface area (Å²) in [7, 11) is 0. The molecule has 3 unspecified atom stereocenters. The van der Waals surface area contributed by atoms with Crippen LogP contribution in [0, 0.1) is 5.92 Å². The molecule has 1 aliphatic carbocycles. The van der Waals surface area contributed by atoms with Crippen molar-refractivity contribution in [2.24, 2.45) is 5.92 Å². The zero-order valence-corrected chi connectivity index (χ0v) is 15.6. The number of benzene rings is 1. The van der Waals surface area contributed by atoms with Gasteiger partial charge in [-0.3, -0.25) is 14.6 Å². The van der Waals surface area contributed by atoms with Crippen LogP contribution in [0.25, 0.3) is 0 Å². The van der Waals surface area contributed by atoms with Crippen molar-refractivity contribution in [3.05, 3.63) is 77.3 Å². The maximum absolute atomic E-state index is 13.4. The number of fused-ring (bicyclic) bond motifs is 1. The number of amides is 1. The summed E-state index contributed by atoms with van der Waals surface area (Å²) in [5.41, 5.74) is 2.48. The first-order valence-corrected chi connectivity index (χ1v) is 9.94. The Hall–Kier alpha value is -2.95. The Morgan fingerprint density at radius 3 is 2.54 bits per heavy atom. The fourth-order valence-corrected chi connectivity index (χ4v) is 4.72. The van der Waals surface area contributed by atoms with Crippen LogP contribution in [-0.2, 0) is 20.9 Å². The van der Waals surface area contributed by atoms with Gasteiger partial charge in [-0.1, -0.05) is 36.8 Å². The number of hydrogen-bond acceptors (Lipinski definition) is 4. The van der Waals surface area contributed by atoms with Gasteiger partial charge < -0.3 is 9.64 Å². The zero-order chi connectivity index (χ0) is 19.1. The van der Waals surface area contributed by atoms with Crippen LogP contribution in [0.2, 0.25) is 0 Å². The summed E-state index contributed by atoms with van der Waals surface area (Å²) in [6.07, 6.45) is 7.08. The summed E-state index contributed by atoms with van der Waals surface area (Å²) < 4.78 is 6.17. The Morgan fingerprint density at radius 2 is 1.75 bits per heavy atom. The van der Waals surface area contributed by atoms with Crippen molar-refractivity contribution in [1.29, 1.82) is 0 Å². The Labute approximate surface area is 164 Å². The van der Waals surface area contributed by atoms with Crippen LogP contribution < -0.4 is 0 Å². The molecular formula is C23H22N2O3.